The quantitative estimate of drug-likeness (QED) is 0.537. The van der Waals surface area contributed by atoms with E-state index in [-0.39, 0.29) is 35.1 Å². The van der Waals surface area contributed by atoms with Gasteiger partial charge in [-0.1, -0.05) is 19.9 Å². The minimum absolute atomic E-state index is 0.0941. The van der Waals surface area contributed by atoms with E-state index in [1.165, 1.54) is 6.20 Å². The van der Waals surface area contributed by atoms with Crippen molar-refractivity contribution in [2.75, 3.05) is 5.32 Å². The number of nitrogens with zero attached hydrogens (tertiary/aromatic N) is 3. The molecule has 4 aliphatic rings. The Morgan fingerprint density at radius 3 is 2.36 bits per heavy atom. The number of nitriles is 1. The van der Waals surface area contributed by atoms with Gasteiger partial charge in [0.25, 0.3) is 5.91 Å². The van der Waals surface area contributed by atoms with E-state index in [9.17, 15) is 4.79 Å². The SMILES string of the molecule is CC1(C)CC=C(c2nc([C@H]3CC4(C)O[C@@](C)(C3)[C@@H]3OC(C)(C)O[C@@H]34)ccc2NC(=O)c2nc(C#N)c[nH]2)CC1. The number of carbonyl (C=O) groups is 1. The van der Waals surface area contributed by atoms with Crippen LogP contribution in [0.15, 0.2) is 24.4 Å². The van der Waals surface area contributed by atoms with Crippen molar-refractivity contribution in [3.05, 3.63) is 47.3 Å². The maximum atomic E-state index is 13.0. The smallest absolute Gasteiger partial charge is 0.291 e. The summed E-state index contributed by atoms with van der Waals surface area (Å²) in [5, 5.41) is 12.1. The Morgan fingerprint density at radius 2 is 1.77 bits per heavy atom. The first-order valence-electron chi connectivity index (χ1n) is 13.8. The van der Waals surface area contributed by atoms with Gasteiger partial charge in [-0.25, -0.2) is 4.98 Å². The van der Waals surface area contributed by atoms with Crippen LogP contribution in [0.3, 0.4) is 0 Å². The predicted molar refractivity (Wildman–Crippen MR) is 145 cm³/mol. The molecule has 39 heavy (non-hydrogen) atoms. The second-order valence-electron chi connectivity index (χ2n) is 13.2. The molecule has 6 rings (SSSR count). The fourth-order valence-electron chi connectivity index (χ4n) is 6.89. The normalized spacial score (nSPS) is 34.2. The molecule has 0 aromatic carbocycles. The molecule has 2 N–H and O–H groups in total. The van der Waals surface area contributed by atoms with E-state index in [1.807, 2.05) is 32.0 Å². The van der Waals surface area contributed by atoms with Gasteiger partial charge in [-0.2, -0.15) is 5.26 Å². The molecule has 206 valence electrons. The van der Waals surface area contributed by atoms with Crippen molar-refractivity contribution < 1.29 is 19.0 Å². The molecule has 5 heterocycles. The number of rotatable bonds is 4. The van der Waals surface area contributed by atoms with Crippen molar-refractivity contribution in [1.82, 2.24) is 15.0 Å². The third kappa shape index (κ3) is 4.58. The number of anilines is 1. The molecule has 1 aliphatic carbocycles. The molecular formula is C30H37N5O4. The molecule has 2 aromatic heterocycles. The Bertz CT molecular complexity index is 1380. The summed E-state index contributed by atoms with van der Waals surface area (Å²) in [6, 6.07) is 5.91. The summed E-state index contributed by atoms with van der Waals surface area (Å²) < 4.78 is 19.3. The second kappa shape index (κ2) is 8.72. The first-order chi connectivity index (χ1) is 18.3. The van der Waals surface area contributed by atoms with Gasteiger partial charge in [0, 0.05) is 17.8 Å². The molecule has 0 spiro atoms. The molecule has 2 bridgehead atoms. The Labute approximate surface area is 229 Å². The van der Waals surface area contributed by atoms with Crippen LogP contribution >= 0.6 is 0 Å². The average molecular weight is 532 g/mol. The maximum absolute atomic E-state index is 13.0. The summed E-state index contributed by atoms with van der Waals surface area (Å²) in [5.74, 6) is -0.778. The highest BCUT2D eigenvalue weighted by molar-refractivity contribution is 6.03. The predicted octanol–water partition coefficient (Wildman–Crippen LogP) is 5.47. The molecule has 2 aromatic rings. The number of amides is 1. The number of aromatic amines is 1. The van der Waals surface area contributed by atoms with Crippen LogP contribution < -0.4 is 5.32 Å². The number of imidazole rings is 1. The number of fused-ring (bicyclic) bond motifs is 5. The minimum atomic E-state index is -0.622. The molecule has 0 saturated carbocycles. The van der Waals surface area contributed by atoms with Crippen LogP contribution in [-0.2, 0) is 14.2 Å². The number of pyridine rings is 1. The lowest BCUT2D eigenvalue weighted by atomic mass is 9.77. The molecule has 0 radical (unpaired) electrons. The lowest BCUT2D eigenvalue weighted by molar-refractivity contribution is -0.242. The molecule has 1 amide bonds. The average Bonchev–Trinajstić information content (AvgIpc) is 3.52. The third-order valence-electron chi connectivity index (χ3n) is 8.84. The van der Waals surface area contributed by atoms with E-state index in [1.54, 1.807) is 0 Å². The first kappa shape index (κ1) is 26.2. The fraction of sp³-hybridized carbons (Fsp3) is 0.600. The zero-order valence-corrected chi connectivity index (χ0v) is 23.6. The first-order valence-corrected chi connectivity index (χ1v) is 13.8. The Morgan fingerprint density at radius 1 is 1.08 bits per heavy atom. The molecule has 9 heteroatoms. The summed E-state index contributed by atoms with van der Waals surface area (Å²) >= 11 is 0. The van der Waals surface area contributed by atoms with Gasteiger partial charge >= 0.3 is 0 Å². The minimum Gasteiger partial charge on any atom is -0.363 e. The second-order valence-corrected chi connectivity index (χ2v) is 13.2. The van der Waals surface area contributed by atoms with E-state index in [0.29, 0.717) is 5.69 Å². The van der Waals surface area contributed by atoms with Gasteiger partial charge < -0.3 is 24.5 Å². The Balaban J connectivity index is 1.33. The zero-order valence-electron chi connectivity index (χ0n) is 23.6. The van der Waals surface area contributed by atoms with Crippen molar-refractivity contribution >= 4 is 17.2 Å². The summed E-state index contributed by atoms with van der Waals surface area (Å²) in [4.78, 5) is 25.1. The molecule has 3 saturated heterocycles. The van der Waals surface area contributed by atoms with Crippen molar-refractivity contribution in [2.24, 2.45) is 5.41 Å². The lowest BCUT2D eigenvalue weighted by Crippen LogP contribution is -2.46. The molecule has 9 nitrogen and oxygen atoms in total. The fourth-order valence-corrected chi connectivity index (χ4v) is 6.89. The van der Waals surface area contributed by atoms with Gasteiger partial charge in [-0.05, 0) is 82.9 Å². The number of H-pyrrole nitrogens is 1. The molecule has 1 unspecified atom stereocenters. The highest BCUT2D eigenvalue weighted by Crippen LogP contribution is 2.58. The number of hydrogen-bond acceptors (Lipinski definition) is 7. The van der Waals surface area contributed by atoms with Crippen LogP contribution in [0.2, 0.25) is 0 Å². The third-order valence-corrected chi connectivity index (χ3v) is 8.84. The number of ether oxygens (including phenoxy) is 3. The molecular weight excluding hydrogens is 494 g/mol. The summed E-state index contributed by atoms with van der Waals surface area (Å²) in [5.41, 5.74) is 3.02. The largest absolute Gasteiger partial charge is 0.363 e. The number of nitrogens with one attached hydrogen (secondary N) is 2. The number of hydrogen-bond donors (Lipinski definition) is 2. The number of aromatic nitrogens is 3. The van der Waals surface area contributed by atoms with Gasteiger partial charge in [-0.15, -0.1) is 0 Å². The van der Waals surface area contributed by atoms with E-state index in [0.717, 1.165) is 49.1 Å². The topological polar surface area (TPSA) is 122 Å². The molecule has 3 fully saturated rings. The Hall–Kier alpha value is -3.06. The van der Waals surface area contributed by atoms with Crippen LogP contribution in [0.1, 0.15) is 107 Å². The van der Waals surface area contributed by atoms with Crippen LogP contribution in [-0.4, -0.2) is 50.1 Å². The molecule has 5 atom stereocenters. The summed E-state index contributed by atoms with van der Waals surface area (Å²) in [6.07, 6.45) is 7.86. The number of carbonyl (C=O) groups excluding carboxylic acids is 1. The van der Waals surface area contributed by atoms with Crippen molar-refractivity contribution in [1.29, 1.82) is 5.26 Å². The van der Waals surface area contributed by atoms with Gasteiger partial charge in [-0.3, -0.25) is 9.78 Å². The van der Waals surface area contributed by atoms with E-state index >= 15 is 0 Å². The highest BCUT2D eigenvalue weighted by atomic mass is 16.8. The van der Waals surface area contributed by atoms with Crippen LogP contribution in [0.5, 0.6) is 0 Å². The van der Waals surface area contributed by atoms with E-state index in [2.05, 4.69) is 49.1 Å². The van der Waals surface area contributed by atoms with Gasteiger partial charge in [0.2, 0.25) is 0 Å². The van der Waals surface area contributed by atoms with Gasteiger partial charge in [0.1, 0.15) is 18.3 Å². The van der Waals surface area contributed by atoms with Crippen LogP contribution in [0, 0.1) is 16.7 Å². The standard InChI is InChI=1S/C30H37N5O4/c1-27(2)11-9-17(10-12-27)22-21(35-26(36)25-32-16-19(15-31)33-25)8-7-20(34-22)18-13-29(5)23-24(30(6,14-18)39-29)38-28(3,4)37-23/h7-9,16,18,23-24H,10-14H2,1-6H3,(H,32,33)(H,35,36)/t18-,23-,24+,29+,30?/m1/s1. The van der Waals surface area contributed by atoms with Crippen molar-refractivity contribution in [3.63, 3.8) is 0 Å². The van der Waals surface area contributed by atoms with Gasteiger partial charge in [0.05, 0.1) is 22.6 Å². The van der Waals surface area contributed by atoms with Gasteiger partial charge in [0.15, 0.2) is 17.3 Å². The van der Waals surface area contributed by atoms with E-state index < -0.39 is 22.9 Å². The highest BCUT2D eigenvalue weighted by Gasteiger charge is 2.68. The van der Waals surface area contributed by atoms with Crippen LogP contribution in [0.4, 0.5) is 5.69 Å². The van der Waals surface area contributed by atoms with Crippen molar-refractivity contribution in [3.8, 4) is 6.07 Å². The lowest BCUT2D eigenvalue weighted by Gasteiger charge is -2.43. The summed E-state index contributed by atoms with van der Waals surface area (Å²) in [6.45, 7) is 12.8. The number of allylic oxidation sites excluding steroid dienone is 2. The van der Waals surface area contributed by atoms with Crippen LogP contribution in [0.25, 0.3) is 5.57 Å². The monoisotopic (exact) mass is 531 g/mol. The molecule has 3 aliphatic heterocycles. The Kier molecular flexibility index (Phi) is 5.85. The van der Waals surface area contributed by atoms with E-state index in [4.69, 9.17) is 24.5 Å². The maximum Gasteiger partial charge on any atom is 0.291 e. The summed E-state index contributed by atoms with van der Waals surface area (Å²) in [7, 11) is 0. The van der Waals surface area contributed by atoms with Crippen molar-refractivity contribution in [2.45, 2.75) is 109 Å². The zero-order chi connectivity index (χ0) is 27.8.